The molecular weight excluding hydrogens is 284 g/mol. The molecule has 2 aromatic rings. The average molecular weight is 296 g/mol. The van der Waals surface area contributed by atoms with Gasteiger partial charge in [-0.1, -0.05) is 18.2 Å². The van der Waals surface area contributed by atoms with Crippen molar-refractivity contribution in [3.63, 3.8) is 0 Å². The molecule has 21 heavy (non-hydrogen) atoms. The number of rotatable bonds is 4. The number of nitrogens with two attached hydrogens (primary N) is 1. The van der Waals surface area contributed by atoms with Crippen LogP contribution < -0.4 is 5.73 Å². The van der Waals surface area contributed by atoms with Gasteiger partial charge in [0, 0.05) is 15.4 Å². The van der Waals surface area contributed by atoms with Crippen molar-refractivity contribution in [3.05, 3.63) is 68.8 Å². The summed E-state index contributed by atoms with van der Waals surface area (Å²) in [6.07, 6.45) is 5.26. The largest absolute Gasteiger partial charge is 0.486 e. The van der Waals surface area contributed by atoms with Crippen molar-refractivity contribution < 1.29 is 9.90 Å². The Balaban J connectivity index is 2.15. The number of carboxylic acids is 1. The zero-order valence-electron chi connectivity index (χ0n) is 11.0. The van der Waals surface area contributed by atoms with Gasteiger partial charge in [0.05, 0.1) is 6.57 Å². The molecule has 0 radical (unpaired) electrons. The van der Waals surface area contributed by atoms with Crippen LogP contribution >= 0.6 is 11.3 Å². The van der Waals surface area contributed by atoms with Crippen molar-refractivity contribution >= 4 is 41.2 Å². The standard InChI is InChI=1S/C16H12N2O2S/c1-18-15(16(19)20)10-14-9-8-13(21-14)7-4-11-2-5-12(17)6-3-11/h2-10H,17H2,(H,19,20). The van der Waals surface area contributed by atoms with Gasteiger partial charge in [0.25, 0.3) is 5.70 Å². The molecule has 0 unspecified atom stereocenters. The first kappa shape index (κ1) is 14.6. The van der Waals surface area contributed by atoms with Crippen molar-refractivity contribution in [1.29, 1.82) is 0 Å². The Morgan fingerprint density at radius 2 is 1.81 bits per heavy atom. The summed E-state index contributed by atoms with van der Waals surface area (Å²) in [5.74, 6) is -1.21. The Bertz CT molecular complexity index is 749. The van der Waals surface area contributed by atoms with Crippen LogP contribution in [-0.4, -0.2) is 11.1 Å². The van der Waals surface area contributed by atoms with Crippen molar-refractivity contribution in [2.45, 2.75) is 0 Å². The second kappa shape index (κ2) is 6.55. The molecule has 2 rings (SSSR count). The van der Waals surface area contributed by atoms with E-state index in [-0.39, 0.29) is 5.70 Å². The zero-order valence-corrected chi connectivity index (χ0v) is 11.8. The van der Waals surface area contributed by atoms with Crippen LogP contribution in [-0.2, 0) is 4.79 Å². The lowest BCUT2D eigenvalue weighted by atomic mass is 10.2. The Hall–Kier alpha value is -2.84. The van der Waals surface area contributed by atoms with Crippen LogP contribution in [0.1, 0.15) is 15.3 Å². The number of nitrogen functional groups attached to an aromatic ring is 1. The SMILES string of the molecule is [C-]#[N+]C(=Cc1ccc(C=Cc2ccc(N)cc2)s1)C(=O)O. The van der Waals surface area contributed by atoms with E-state index in [2.05, 4.69) is 4.85 Å². The van der Waals surface area contributed by atoms with E-state index in [1.54, 1.807) is 6.07 Å². The van der Waals surface area contributed by atoms with Gasteiger partial charge in [0.15, 0.2) is 0 Å². The monoisotopic (exact) mass is 296 g/mol. The minimum atomic E-state index is -1.21. The zero-order chi connectivity index (χ0) is 15.2. The summed E-state index contributed by atoms with van der Waals surface area (Å²) in [7, 11) is 0. The number of nitrogens with zero attached hydrogens (tertiary/aromatic N) is 1. The first-order chi connectivity index (χ1) is 10.1. The normalized spacial score (nSPS) is 11.5. The molecule has 0 spiro atoms. The number of hydrogen-bond donors (Lipinski definition) is 2. The Kier molecular flexibility index (Phi) is 4.54. The number of thiophene rings is 1. The number of anilines is 1. The second-order valence-electron chi connectivity index (χ2n) is 4.19. The molecule has 3 N–H and O–H groups in total. The molecule has 0 saturated heterocycles. The number of carbonyl (C=O) groups is 1. The highest BCUT2D eigenvalue weighted by atomic mass is 32.1. The van der Waals surface area contributed by atoms with Gasteiger partial charge in [0.1, 0.15) is 0 Å². The third kappa shape index (κ3) is 4.06. The van der Waals surface area contributed by atoms with E-state index in [0.717, 1.165) is 21.0 Å². The number of carboxylic acid groups (broad SMARTS) is 1. The van der Waals surface area contributed by atoms with E-state index in [0.29, 0.717) is 0 Å². The van der Waals surface area contributed by atoms with Crippen molar-refractivity contribution in [3.8, 4) is 0 Å². The van der Waals surface area contributed by atoms with Gasteiger partial charge in [-0.15, -0.1) is 11.3 Å². The molecule has 0 bridgehead atoms. The summed E-state index contributed by atoms with van der Waals surface area (Å²) in [5, 5.41) is 8.81. The molecular formula is C16H12N2O2S. The van der Waals surface area contributed by atoms with Crippen LogP contribution in [0.3, 0.4) is 0 Å². The molecule has 1 aromatic heterocycles. The molecule has 0 aliphatic rings. The van der Waals surface area contributed by atoms with E-state index >= 15 is 0 Å². The molecule has 0 amide bonds. The fraction of sp³-hybridized carbons (Fsp3) is 0. The molecule has 0 saturated carbocycles. The smallest absolute Gasteiger partial charge is 0.333 e. The lowest BCUT2D eigenvalue weighted by Gasteiger charge is -1.94. The summed E-state index contributed by atoms with van der Waals surface area (Å²) in [5.41, 5.74) is 7.08. The highest BCUT2D eigenvalue weighted by Crippen LogP contribution is 2.22. The Morgan fingerprint density at radius 3 is 2.43 bits per heavy atom. The predicted molar refractivity (Wildman–Crippen MR) is 86.3 cm³/mol. The van der Waals surface area contributed by atoms with Gasteiger partial charge in [-0.05, 0) is 42.0 Å². The third-order valence-corrected chi connectivity index (χ3v) is 3.64. The first-order valence-corrected chi connectivity index (χ1v) is 6.86. The van der Waals surface area contributed by atoms with Crippen LogP contribution in [0, 0.1) is 6.57 Å². The third-order valence-electron chi connectivity index (χ3n) is 2.64. The molecule has 0 atom stereocenters. The van der Waals surface area contributed by atoms with E-state index in [1.807, 2.05) is 42.5 Å². The topological polar surface area (TPSA) is 67.7 Å². The first-order valence-electron chi connectivity index (χ1n) is 6.04. The van der Waals surface area contributed by atoms with Gasteiger partial charge in [-0.25, -0.2) is 4.85 Å². The molecule has 0 aliphatic heterocycles. The molecule has 0 aliphatic carbocycles. The second-order valence-corrected chi connectivity index (χ2v) is 5.33. The van der Waals surface area contributed by atoms with Gasteiger partial charge >= 0.3 is 5.97 Å². The highest BCUT2D eigenvalue weighted by Gasteiger charge is 2.07. The number of aliphatic carboxylic acids is 1. The van der Waals surface area contributed by atoms with Crippen molar-refractivity contribution in [1.82, 2.24) is 0 Å². The van der Waals surface area contributed by atoms with E-state index in [9.17, 15) is 4.79 Å². The van der Waals surface area contributed by atoms with E-state index in [4.69, 9.17) is 17.4 Å². The molecule has 4 nitrogen and oxygen atoms in total. The molecule has 5 heteroatoms. The number of benzene rings is 1. The summed E-state index contributed by atoms with van der Waals surface area (Å²) < 4.78 is 0. The van der Waals surface area contributed by atoms with Crippen LogP contribution in [0.15, 0.2) is 42.1 Å². The summed E-state index contributed by atoms with van der Waals surface area (Å²) >= 11 is 1.42. The van der Waals surface area contributed by atoms with Crippen LogP contribution in [0.2, 0.25) is 0 Å². The van der Waals surface area contributed by atoms with Crippen LogP contribution in [0.25, 0.3) is 23.1 Å². The van der Waals surface area contributed by atoms with Gasteiger partial charge < -0.3 is 10.8 Å². The van der Waals surface area contributed by atoms with Crippen LogP contribution in [0.4, 0.5) is 5.69 Å². The van der Waals surface area contributed by atoms with E-state index in [1.165, 1.54) is 17.4 Å². The summed E-state index contributed by atoms with van der Waals surface area (Å²) in [6, 6.07) is 11.2. The lowest BCUT2D eigenvalue weighted by molar-refractivity contribution is -0.132. The summed E-state index contributed by atoms with van der Waals surface area (Å²) in [4.78, 5) is 15.5. The molecule has 0 fully saturated rings. The summed E-state index contributed by atoms with van der Waals surface area (Å²) in [6.45, 7) is 6.81. The van der Waals surface area contributed by atoms with Gasteiger partial charge in [-0.2, -0.15) is 0 Å². The van der Waals surface area contributed by atoms with Crippen molar-refractivity contribution in [2.24, 2.45) is 0 Å². The lowest BCUT2D eigenvalue weighted by Crippen LogP contribution is -1.94. The maximum absolute atomic E-state index is 10.8. The predicted octanol–water partition coefficient (Wildman–Crippen LogP) is 3.85. The average Bonchev–Trinajstić information content (AvgIpc) is 2.91. The van der Waals surface area contributed by atoms with Crippen molar-refractivity contribution in [2.75, 3.05) is 5.73 Å². The number of hydrogen-bond acceptors (Lipinski definition) is 3. The molecule has 1 heterocycles. The maximum Gasteiger partial charge on any atom is 0.333 e. The minimum Gasteiger partial charge on any atom is -0.486 e. The fourth-order valence-corrected chi connectivity index (χ4v) is 2.45. The van der Waals surface area contributed by atoms with E-state index < -0.39 is 5.97 Å². The maximum atomic E-state index is 10.8. The highest BCUT2D eigenvalue weighted by molar-refractivity contribution is 7.13. The van der Waals surface area contributed by atoms with Crippen LogP contribution in [0.5, 0.6) is 0 Å². The quantitative estimate of drug-likeness (QED) is 0.511. The molecule has 1 aromatic carbocycles. The van der Waals surface area contributed by atoms with Gasteiger partial charge in [0.2, 0.25) is 0 Å². The molecule has 104 valence electrons. The Morgan fingerprint density at radius 1 is 1.14 bits per heavy atom. The Labute approximate surface area is 126 Å². The minimum absolute atomic E-state index is 0.286. The van der Waals surface area contributed by atoms with Gasteiger partial charge in [-0.3, -0.25) is 4.79 Å². The fourth-order valence-electron chi connectivity index (χ4n) is 1.60.